The highest BCUT2D eigenvalue weighted by atomic mass is 35.5. The first-order chi connectivity index (χ1) is 10.3. The first-order valence-electron chi connectivity index (χ1n) is 7.06. The summed E-state index contributed by atoms with van der Waals surface area (Å²) in [5.41, 5.74) is -0.940. The number of nitrogens with one attached hydrogen (secondary N) is 2. The molecule has 22 heavy (non-hydrogen) atoms. The van der Waals surface area contributed by atoms with E-state index in [0.29, 0.717) is 0 Å². The maximum Gasteiger partial charge on any atom is 0.433 e. The third-order valence-electron chi connectivity index (χ3n) is 3.64. The van der Waals surface area contributed by atoms with Gasteiger partial charge in [0.05, 0.1) is 0 Å². The van der Waals surface area contributed by atoms with E-state index in [-0.39, 0.29) is 23.8 Å². The molecule has 0 atom stereocenters. The van der Waals surface area contributed by atoms with Crippen molar-refractivity contribution >= 4 is 23.5 Å². The average Bonchev–Trinajstić information content (AvgIpc) is 2.46. The van der Waals surface area contributed by atoms with Crippen LogP contribution < -0.4 is 15.1 Å². The summed E-state index contributed by atoms with van der Waals surface area (Å²) in [5.74, 6) is 0.238. The molecule has 1 aromatic rings. The zero-order chi connectivity index (χ0) is 16.3. The molecule has 1 heterocycles. The second kappa shape index (κ2) is 6.87. The Morgan fingerprint density at radius 2 is 1.73 bits per heavy atom. The number of hydrogen-bond donors (Lipinski definition) is 2. The van der Waals surface area contributed by atoms with E-state index in [0.717, 1.165) is 31.7 Å². The van der Waals surface area contributed by atoms with Crippen molar-refractivity contribution in [1.82, 2.24) is 14.8 Å². The molecular weight excluding hydrogens is 319 g/mol. The number of alkyl halides is 3. The summed E-state index contributed by atoms with van der Waals surface area (Å²) in [6, 6.07) is 1.30. The van der Waals surface area contributed by atoms with Gasteiger partial charge in [-0.15, -0.1) is 0 Å². The van der Waals surface area contributed by atoms with E-state index >= 15 is 0 Å². The fourth-order valence-corrected chi connectivity index (χ4v) is 2.63. The first-order valence-corrected chi connectivity index (χ1v) is 7.43. The molecule has 1 fully saturated rings. The summed E-state index contributed by atoms with van der Waals surface area (Å²) < 4.78 is 38.8. The molecule has 0 saturated heterocycles. The van der Waals surface area contributed by atoms with Crippen LogP contribution in [0, 0.1) is 0 Å². The molecule has 0 aliphatic heterocycles. The van der Waals surface area contributed by atoms with Crippen LogP contribution in [0.15, 0.2) is 6.07 Å². The van der Waals surface area contributed by atoms with Gasteiger partial charge in [0, 0.05) is 32.2 Å². The molecule has 0 amide bonds. The van der Waals surface area contributed by atoms with Crippen LogP contribution in [0.5, 0.6) is 0 Å². The molecule has 5 nitrogen and oxygen atoms in total. The van der Waals surface area contributed by atoms with Gasteiger partial charge >= 0.3 is 6.18 Å². The molecular formula is C13H19ClF3N5. The standard InChI is InChI=1S/C13H19ClF3N5/c1-22(2)12-19-10(13(15,16)17)7-11(20-12)18-8-3-5-9(21-14)6-4-8/h7-9,21H,3-6H2,1-2H3,(H,18,19,20)/t8-,9+. The lowest BCUT2D eigenvalue weighted by Gasteiger charge is -2.28. The van der Waals surface area contributed by atoms with E-state index in [9.17, 15) is 13.2 Å². The molecule has 0 aromatic carbocycles. The van der Waals surface area contributed by atoms with Crippen molar-refractivity contribution in [1.29, 1.82) is 0 Å². The van der Waals surface area contributed by atoms with Crippen LogP contribution in [-0.4, -0.2) is 36.1 Å². The molecule has 1 aliphatic rings. The summed E-state index contributed by atoms with van der Waals surface area (Å²) in [7, 11) is 3.22. The van der Waals surface area contributed by atoms with Gasteiger partial charge in [0.15, 0.2) is 5.69 Å². The second-order valence-corrected chi connectivity index (χ2v) is 5.85. The summed E-state index contributed by atoms with van der Waals surface area (Å²) in [6.45, 7) is 0. The number of nitrogens with zero attached hydrogens (tertiary/aromatic N) is 3. The summed E-state index contributed by atoms with van der Waals surface area (Å²) in [5, 5.41) is 3.08. The zero-order valence-electron chi connectivity index (χ0n) is 12.4. The molecule has 1 saturated carbocycles. The molecule has 2 N–H and O–H groups in total. The number of halogens is 4. The highest BCUT2D eigenvalue weighted by Gasteiger charge is 2.34. The lowest BCUT2D eigenvalue weighted by Crippen LogP contribution is -2.33. The lowest BCUT2D eigenvalue weighted by molar-refractivity contribution is -0.141. The van der Waals surface area contributed by atoms with Crippen molar-refractivity contribution in [3.63, 3.8) is 0 Å². The van der Waals surface area contributed by atoms with E-state index < -0.39 is 11.9 Å². The predicted molar refractivity (Wildman–Crippen MR) is 80.0 cm³/mol. The minimum Gasteiger partial charge on any atom is -0.367 e. The smallest absolute Gasteiger partial charge is 0.367 e. The van der Waals surface area contributed by atoms with Crippen LogP contribution in [0.1, 0.15) is 31.4 Å². The van der Waals surface area contributed by atoms with E-state index in [1.807, 2.05) is 0 Å². The Balaban J connectivity index is 2.15. The van der Waals surface area contributed by atoms with Crippen molar-refractivity contribution < 1.29 is 13.2 Å². The maximum absolute atomic E-state index is 12.9. The third kappa shape index (κ3) is 4.36. The molecule has 0 unspecified atom stereocenters. The van der Waals surface area contributed by atoms with E-state index in [2.05, 4.69) is 20.1 Å². The molecule has 124 valence electrons. The predicted octanol–water partition coefficient (Wildman–Crippen LogP) is 3.03. The van der Waals surface area contributed by atoms with Crippen LogP contribution in [0.25, 0.3) is 0 Å². The third-order valence-corrected chi connectivity index (χ3v) is 3.95. The summed E-state index contributed by atoms with van der Waals surface area (Å²) >= 11 is 5.59. The number of hydrogen-bond acceptors (Lipinski definition) is 5. The summed E-state index contributed by atoms with van der Waals surface area (Å²) in [6.07, 6.45) is -1.09. The minimum atomic E-state index is -4.50. The largest absolute Gasteiger partial charge is 0.433 e. The van der Waals surface area contributed by atoms with Gasteiger partial charge in [-0.1, -0.05) is 0 Å². The van der Waals surface area contributed by atoms with Gasteiger partial charge in [-0.2, -0.15) is 18.2 Å². The van der Waals surface area contributed by atoms with Gasteiger partial charge in [0.2, 0.25) is 5.95 Å². The highest BCUT2D eigenvalue weighted by Crippen LogP contribution is 2.31. The van der Waals surface area contributed by atoms with Crippen molar-refractivity contribution in [2.45, 2.75) is 43.9 Å². The molecule has 2 rings (SSSR count). The summed E-state index contributed by atoms with van der Waals surface area (Å²) in [4.78, 5) is 11.8. The normalized spacial score (nSPS) is 22.5. The Kier molecular flexibility index (Phi) is 5.33. The van der Waals surface area contributed by atoms with E-state index in [4.69, 9.17) is 11.8 Å². The van der Waals surface area contributed by atoms with Crippen molar-refractivity contribution in [2.75, 3.05) is 24.3 Å². The van der Waals surface area contributed by atoms with Crippen LogP contribution in [-0.2, 0) is 6.18 Å². The lowest BCUT2D eigenvalue weighted by atomic mass is 9.92. The van der Waals surface area contributed by atoms with Gasteiger partial charge in [-0.25, -0.2) is 9.82 Å². The Labute approximate surface area is 132 Å². The van der Waals surface area contributed by atoms with Crippen LogP contribution in [0.4, 0.5) is 24.9 Å². The molecule has 9 heteroatoms. The Bertz CT molecular complexity index is 501. The Hall–Kier alpha value is -1.28. The monoisotopic (exact) mass is 337 g/mol. The fourth-order valence-electron chi connectivity index (χ4n) is 2.41. The van der Waals surface area contributed by atoms with Gasteiger partial charge in [0.25, 0.3) is 0 Å². The van der Waals surface area contributed by atoms with Crippen LogP contribution >= 0.6 is 11.8 Å². The Morgan fingerprint density at radius 3 is 2.23 bits per heavy atom. The topological polar surface area (TPSA) is 53.1 Å². The van der Waals surface area contributed by atoms with Crippen molar-refractivity contribution in [3.8, 4) is 0 Å². The number of rotatable bonds is 4. The molecule has 0 radical (unpaired) electrons. The van der Waals surface area contributed by atoms with E-state index in [1.165, 1.54) is 4.90 Å². The van der Waals surface area contributed by atoms with Crippen molar-refractivity contribution in [2.24, 2.45) is 0 Å². The zero-order valence-corrected chi connectivity index (χ0v) is 13.2. The van der Waals surface area contributed by atoms with Gasteiger partial charge in [-0.3, -0.25) is 0 Å². The molecule has 0 bridgehead atoms. The average molecular weight is 338 g/mol. The first kappa shape index (κ1) is 17.1. The van der Waals surface area contributed by atoms with Gasteiger partial charge < -0.3 is 10.2 Å². The van der Waals surface area contributed by atoms with Gasteiger partial charge in [0.1, 0.15) is 5.82 Å². The number of anilines is 2. The SMILES string of the molecule is CN(C)c1nc(N[C@H]2CC[C@@H](NCl)CC2)cc(C(F)(F)F)n1. The quantitative estimate of drug-likeness (QED) is 0.827. The fraction of sp³-hybridized carbons (Fsp3) is 0.692. The maximum atomic E-state index is 12.9. The molecule has 0 spiro atoms. The van der Waals surface area contributed by atoms with Crippen LogP contribution in [0.3, 0.4) is 0 Å². The minimum absolute atomic E-state index is 0.0356. The molecule has 1 aliphatic carbocycles. The number of aromatic nitrogens is 2. The van der Waals surface area contributed by atoms with Gasteiger partial charge in [-0.05, 0) is 37.5 Å². The van der Waals surface area contributed by atoms with Crippen LogP contribution in [0.2, 0.25) is 0 Å². The van der Waals surface area contributed by atoms with Crippen molar-refractivity contribution in [3.05, 3.63) is 11.8 Å². The highest BCUT2D eigenvalue weighted by molar-refractivity contribution is 6.13. The molecule has 1 aromatic heterocycles. The Morgan fingerprint density at radius 1 is 1.14 bits per heavy atom. The van der Waals surface area contributed by atoms with E-state index in [1.54, 1.807) is 14.1 Å². The second-order valence-electron chi connectivity index (χ2n) is 5.63.